The number of anilines is 2. The summed E-state index contributed by atoms with van der Waals surface area (Å²) in [5.41, 5.74) is 1.79. The van der Waals surface area contributed by atoms with Crippen LogP contribution in [0.25, 0.3) is 10.2 Å². The molecule has 9 heteroatoms. The molecule has 0 aliphatic rings. The van der Waals surface area contributed by atoms with Crippen LogP contribution in [0.1, 0.15) is 20.9 Å². The van der Waals surface area contributed by atoms with E-state index in [4.69, 9.17) is 4.42 Å². The van der Waals surface area contributed by atoms with Crippen molar-refractivity contribution >= 4 is 60.1 Å². The number of thiazole rings is 1. The standard InChI is InChI=1S/C18H11BrN4O3S/c19-11-6-10(8-20-9-11)16(24)21-12-3-4-13-15(7-12)27-18(22-13)23-17(25)14-2-1-5-26-14/h1-9H,(H,21,24)(H,22,23,25). The van der Waals surface area contributed by atoms with Gasteiger partial charge in [0.25, 0.3) is 11.8 Å². The van der Waals surface area contributed by atoms with Crippen LogP contribution in [-0.4, -0.2) is 21.8 Å². The van der Waals surface area contributed by atoms with Crippen LogP contribution in [0.4, 0.5) is 10.8 Å². The molecule has 0 spiro atoms. The highest BCUT2D eigenvalue weighted by molar-refractivity contribution is 9.10. The highest BCUT2D eigenvalue weighted by Crippen LogP contribution is 2.29. The van der Waals surface area contributed by atoms with E-state index < -0.39 is 0 Å². The Bertz CT molecular complexity index is 1140. The number of nitrogens with zero attached hydrogens (tertiary/aromatic N) is 2. The lowest BCUT2D eigenvalue weighted by molar-refractivity contribution is 0.0994. The van der Waals surface area contributed by atoms with Gasteiger partial charge in [0, 0.05) is 22.6 Å². The number of aromatic nitrogens is 2. The fourth-order valence-corrected chi connectivity index (χ4v) is 3.63. The molecule has 0 unspecified atom stereocenters. The molecule has 134 valence electrons. The maximum Gasteiger partial charge on any atom is 0.293 e. The first-order chi connectivity index (χ1) is 13.1. The maximum atomic E-state index is 12.3. The molecule has 3 heterocycles. The third kappa shape index (κ3) is 3.88. The topological polar surface area (TPSA) is 97.1 Å². The molecule has 7 nitrogen and oxygen atoms in total. The van der Waals surface area contributed by atoms with E-state index in [9.17, 15) is 9.59 Å². The smallest absolute Gasteiger partial charge is 0.293 e. The number of benzene rings is 1. The number of halogens is 1. The van der Waals surface area contributed by atoms with Crippen LogP contribution in [0.15, 0.2) is 63.9 Å². The number of hydrogen-bond donors (Lipinski definition) is 2. The van der Waals surface area contributed by atoms with E-state index in [2.05, 4.69) is 36.5 Å². The van der Waals surface area contributed by atoms with Gasteiger partial charge in [0.1, 0.15) is 0 Å². The van der Waals surface area contributed by atoms with E-state index in [1.807, 2.05) is 0 Å². The zero-order valence-electron chi connectivity index (χ0n) is 13.6. The first-order valence-corrected chi connectivity index (χ1v) is 9.37. The second-order valence-corrected chi connectivity index (χ2v) is 7.43. The molecule has 0 aliphatic heterocycles. The first-order valence-electron chi connectivity index (χ1n) is 7.76. The Labute approximate surface area is 165 Å². The summed E-state index contributed by atoms with van der Waals surface area (Å²) < 4.78 is 6.62. The molecule has 0 radical (unpaired) electrons. The van der Waals surface area contributed by atoms with Crippen molar-refractivity contribution in [2.24, 2.45) is 0 Å². The Morgan fingerprint density at radius 1 is 1.07 bits per heavy atom. The average Bonchev–Trinajstić information content (AvgIpc) is 3.30. The van der Waals surface area contributed by atoms with Crippen molar-refractivity contribution in [2.45, 2.75) is 0 Å². The SMILES string of the molecule is O=C(Nc1ccc2nc(NC(=O)c3ccco3)sc2c1)c1cncc(Br)c1. The van der Waals surface area contributed by atoms with Gasteiger partial charge in [0.2, 0.25) is 0 Å². The number of carbonyl (C=O) groups is 2. The van der Waals surface area contributed by atoms with Gasteiger partial charge in [-0.05, 0) is 52.3 Å². The average molecular weight is 443 g/mol. The normalized spacial score (nSPS) is 10.7. The monoisotopic (exact) mass is 442 g/mol. The third-order valence-corrected chi connectivity index (χ3v) is 4.95. The summed E-state index contributed by atoms with van der Waals surface area (Å²) >= 11 is 4.60. The number of rotatable bonds is 4. The van der Waals surface area contributed by atoms with Gasteiger partial charge in [-0.1, -0.05) is 11.3 Å². The maximum absolute atomic E-state index is 12.3. The number of furan rings is 1. The van der Waals surface area contributed by atoms with Crippen molar-refractivity contribution in [3.63, 3.8) is 0 Å². The minimum absolute atomic E-state index is 0.213. The predicted molar refractivity (Wildman–Crippen MR) is 106 cm³/mol. The van der Waals surface area contributed by atoms with Gasteiger partial charge in [0.15, 0.2) is 10.9 Å². The number of hydrogen-bond acceptors (Lipinski definition) is 6. The molecule has 2 N–H and O–H groups in total. The minimum atomic E-state index is -0.366. The summed E-state index contributed by atoms with van der Waals surface area (Å²) in [4.78, 5) is 32.7. The summed E-state index contributed by atoms with van der Waals surface area (Å²) in [6, 6.07) is 10.2. The van der Waals surface area contributed by atoms with E-state index >= 15 is 0 Å². The Morgan fingerprint density at radius 2 is 1.96 bits per heavy atom. The molecule has 0 fully saturated rings. The van der Waals surface area contributed by atoms with Crippen LogP contribution in [0, 0.1) is 0 Å². The molecule has 0 saturated carbocycles. The summed E-state index contributed by atoms with van der Waals surface area (Å²) in [6.45, 7) is 0. The van der Waals surface area contributed by atoms with Crippen molar-refractivity contribution in [1.29, 1.82) is 0 Å². The van der Waals surface area contributed by atoms with Crippen LogP contribution in [0.2, 0.25) is 0 Å². The Balaban J connectivity index is 1.52. The molecule has 0 bridgehead atoms. The summed E-state index contributed by atoms with van der Waals surface area (Å²) in [5, 5.41) is 5.98. The van der Waals surface area contributed by atoms with Gasteiger partial charge in [0.05, 0.1) is 22.0 Å². The molecule has 0 aliphatic carbocycles. The molecule has 4 rings (SSSR count). The zero-order chi connectivity index (χ0) is 18.8. The molecule has 0 saturated heterocycles. The largest absolute Gasteiger partial charge is 0.459 e. The lowest BCUT2D eigenvalue weighted by Crippen LogP contribution is -2.12. The van der Waals surface area contributed by atoms with Gasteiger partial charge >= 0.3 is 0 Å². The molecule has 4 aromatic rings. The number of pyridine rings is 1. The van der Waals surface area contributed by atoms with Crippen molar-refractivity contribution in [1.82, 2.24) is 9.97 Å². The molecule has 3 aromatic heterocycles. The highest BCUT2D eigenvalue weighted by Gasteiger charge is 2.13. The lowest BCUT2D eigenvalue weighted by Gasteiger charge is -2.05. The molecular formula is C18H11BrN4O3S. The van der Waals surface area contributed by atoms with Crippen molar-refractivity contribution in [3.05, 3.63) is 70.9 Å². The lowest BCUT2D eigenvalue weighted by atomic mass is 10.2. The zero-order valence-corrected chi connectivity index (χ0v) is 16.0. The van der Waals surface area contributed by atoms with E-state index in [-0.39, 0.29) is 17.6 Å². The Morgan fingerprint density at radius 3 is 2.74 bits per heavy atom. The van der Waals surface area contributed by atoms with E-state index in [0.29, 0.717) is 16.4 Å². The Hall–Kier alpha value is -3.04. The highest BCUT2D eigenvalue weighted by atomic mass is 79.9. The van der Waals surface area contributed by atoms with Crippen LogP contribution in [0.5, 0.6) is 0 Å². The second kappa shape index (κ2) is 7.29. The molecule has 0 atom stereocenters. The van der Waals surface area contributed by atoms with Crippen molar-refractivity contribution in [3.8, 4) is 0 Å². The van der Waals surface area contributed by atoms with E-state index in [1.165, 1.54) is 23.8 Å². The first kappa shape index (κ1) is 17.4. The van der Waals surface area contributed by atoms with Crippen LogP contribution < -0.4 is 10.6 Å². The van der Waals surface area contributed by atoms with E-state index in [0.717, 1.165) is 14.7 Å². The number of amides is 2. The van der Waals surface area contributed by atoms with Gasteiger partial charge in [-0.2, -0.15) is 0 Å². The fourth-order valence-electron chi connectivity index (χ4n) is 2.36. The molecule has 2 amide bonds. The number of carbonyl (C=O) groups excluding carboxylic acids is 2. The molecule has 1 aromatic carbocycles. The third-order valence-electron chi connectivity index (χ3n) is 3.58. The van der Waals surface area contributed by atoms with Gasteiger partial charge < -0.3 is 9.73 Å². The fraction of sp³-hybridized carbons (Fsp3) is 0. The predicted octanol–water partition coefficient (Wildman–Crippen LogP) is 4.55. The summed E-state index contributed by atoms with van der Waals surface area (Å²) in [5.74, 6) is -0.418. The second-order valence-electron chi connectivity index (χ2n) is 5.48. The quantitative estimate of drug-likeness (QED) is 0.482. The molecular weight excluding hydrogens is 432 g/mol. The van der Waals surface area contributed by atoms with Crippen LogP contribution in [0.3, 0.4) is 0 Å². The van der Waals surface area contributed by atoms with Gasteiger partial charge in [-0.15, -0.1) is 0 Å². The summed E-state index contributed by atoms with van der Waals surface area (Å²) in [7, 11) is 0. The Kier molecular flexibility index (Phi) is 4.69. The number of fused-ring (bicyclic) bond motifs is 1. The van der Waals surface area contributed by atoms with E-state index in [1.54, 1.807) is 42.6 Å². The van der Waals surface area contributed by atoms with Crippen molar-refractivity contribution in [2.75, 3.05) is 10.6 Å². The number of nitrogens with one attached hydrogen (secondary N) is 2. The summed E-state index contributed by atoms with van der Waals surface area (Å²) in [6.07, 6.45) is 4.54. The van der Waals surface area contributed by atoms with Gasteiger partial charge in [-0.25, -0.2) is 4.98 Å². The van der Waals surface area contributed by atoms with Crippen LogP contribution >= 0.6 is 27.3 Å². The van der Waals surface area contributed by atoms with Crippen molar-refractivity contribution < 1.29 is 14.0 Å². The van der Waals surface area contributed by atoms with Gasteiger partial charge in [-0.3, -0.25) is 19.9 Å². The molecule has 27 heavy (non-hydrogen) atoms. The van der Waals surface area contributed by atoms with Crippen LogP contribution in [-0.2, 0) is 0 Å². The minimum Gasteiger partial charge on any atom is -0.459 e.